The minimum absolute atomic E-state index is 0.0989. The van der Waals surface area contributed by atoms with Crippen LogP contribution in [0.1, 0.15) is 24.5 Å². The predicted octanol–water partition coefficient (Wildman–Crippen LogP) is 4.52. The number of ether oxygens (including phenoxy) is 1. The molecule has 0 aliphatic heterocycles. The van der Waals surface area contributed by atoms with Crippen LogP contribution in [0.3, 0.4) is 0 Å². The first-order chi connectivity index (χ1) is 12.2. The van der Waals surface area contributed by atoms with E-state index in [0.717, 1.165) is 35.2 Å². The number of fused-ring (bicyclic) bond motifs is 2. The van der Waals surface area contributed by atoms with Gasteiger partial charge in [-0.05, 0) is 67.0 Å². The second-order valence-corrected chi connectivity index (χ2v) is 7.89. The van der Waals surface area contributed by atoms with Gasteiger partial charge in [-0.3, -0.25) is 0 Å². The number of hydrogen-bond donors (Lipinski definition) is 2. The number of thiophene rings is 1. The summed E-state index contributed by atoms with van der Waals surface area (Å²) in [5, 5.41) is 14.6. The number of aryl methyl sites for hydroxylation is 1. The standard InChI is InChI=1S/C21H23NO2S/c1-14(24-19-8-9-20-17(11-19)12-21(23)25-20)13-22-18-7-6-15-4-2-3-5-16(15)10-18/h2-5,8-9,11-12,14,18,22-23H,6-7,10,13H2,1H3. The van der Waals surface area contributed by atoms with Crippen molar-refractivity contribution in [3.05, 3.63) is 59.7 Å². The molecule has 0 radical (unpaired) electrons. The zero-order valence-corrected chi connectivity index (χ0v) is 15.2. The minimum atomic E-state index is 0.0989. The van der Waals surface area contributed by atoms with Gasteiger partial charge in [0.25, 0.3) is 0 Å². The van der Waals surface area contributed by atoms with E-state index in [-0.39, 0.29) is 6.10 Å². The molecule has 4 rings (SSSR count). The summed E-state index contributed by atoms with van der Waals surface area (Å²) in [4.78, 5) is 0. The number of aromatic hydroxyl groups is 1. The van der Waals surface area contributed by atoms with E-state index in [2.05, 4.69) is 36.5 Å². The molecule has 1 aliphatic carbocycles. The Labute approximate surface area is 152 Å². The predicted molar refractivity (Wildman–Crippen MR) is 104 cm³/mol. The molecule has 1 aromatic heterocycles. The molecule has 2 N–H and O–H groups in total. The van der Waals surface area contributed by atoms with E-state index in [0.29, 0.717) is 11.1 Å². The highest BCUT2D eigenvalue weighted by Crippen LogP contribution is 2.33. The Morgan fingerprint density at radius 3 is 2.92 bits per heavy atom. The normalized spacial score (nSPS) is 18.0. The van der Waals surface area contributed by atoms with Gasteiger partial charge in [-0.2, -0.15) is 0 Å². The van der Waals surface area contributed by atoms with Crippen LogP contribution in [0.2, 0.25) is 0 Å². The molecule has 1 heterocycles. The molecule has 25 heavy (non-hydrogen) atoms. The van der Waals surface area contributed by atoms with E-state index >= 15 is 0 Å². The quantitative estimate of drug-likeness (QED) is 0.708. The van der Waals surface area contributed by atoms with Crippen molar-refractivity contribution in [1.29, 1.82) is 0 Å². The summed E-state index contributed by atoms with van der Waals surface area (Å²) in [6, 6.07) is 17.0. The third kappa shape index (κ3) is 3.80. The SMILES string of the molecule is CC(CNC1CCc2ccccc2C1)Oc1ccc2sc(O)cc2c1. The summed E-state index contributed by atoms with van der Waals surface area (Å²) in [5.74, 6) is 0.855. The first-order valence-electron chi connectivity index (χ1n) is 8.87. The number of nitrogens with one attached hydrogen (secondary N) is 1. The molecule has 2 atom stereocenters. The van der Waals surface area contributed by atoms with E-state index < -0.39 is 0 Å². The van der Waals surface area contributed by atoms with Gasteiger partial charge in [-0.15, -0.1) is 0 Å². The molecule has 130 valence electrons. The molecule has 0 saturated heterocycles. The van der Waals surface area contributed by atoms with Gasteiger partial charge in [0.15, 0.2) is 5.06 Å². The van der Waals surface area contributed by atoms with Crippen LogP contribution in [0.5, 0.6) is 10.8 Å². The molecule has 0 saturated carbocycles. The maximum Gasteiger partial charge on any atom is 0.172 e. The Kier molecular flexibility index (Phi) is 4.64. The van der Waals surface area contributed by atoms with E-state index in [9.17, 15) is 5.11 Å². The van der Waals surface area contributed by atoms with Crippen LogP contribution >= 0.6 is 11.3 Å². The van der Waals surface area contributed by atoms with Crippen LogP contribution in [0.25, 0.3) is 10.1 Å². The lowest BCUT2D eigenvalue weighted by atomic mass is 9.88. The van der Waals surface area contributed by atoms with Crippen molar-refractivity contribution < 1.29 is 9.84 Å². The van der Waals surface area contributed by atoms with E-state index in [1.807, 2.05) is 18.2 Å². The molecule has 0 bridgehead atoms. The summed E-state index contributed by atoms with van der Waals surface area (Å²) in [6.07, 6.45) is 3.54. The molecular weight excluding hydrogens is 330 g/mol. The van der Waals surface area contributed by atoms with Crippen molar-refractivity contribution >= 4 is 21.4 Å². The van der Waals surface area contributed by atoms with E-state index in [1.165, 1.54) is 28.9 Å². The summed E-state index contributed by atoms with van der Waals surface area (Å²) in [7, 11) is 0. The lowest BCUT2D eigenvalue weighted by Gasteiger charge is -2.27. The third-order valence-electron chi connectivity index (χ3n) is 4.85. The lowest BCUT2D eigenvalue weighted by molar-refractivity contribution is 0.209. The Bertz CT molecular complexity index is 873. The highest BCUT2D eigenvalue weighted by molar-refractivity contribution is 7.20. The average Bonchev–Trinajstić information content (AvgIpc) is 2.99. The van der Waals surface area contributed by atoms with Crippen LogP contribution < -0.4 is 10.1 Å². The second-order valence-electron chi connectivity index (χ2n) is 6.83. The van der Waals surface area contributed by atoms with Crippen molar-refractivity contribution in [1.82, 2.24) is 5.32 Å². The summed E-state index contributed by atoms with van der Waals surface area (Å²) in [5.41, 5.74) is 2.97. The molecule has 0 fully saturated rings. The Balaban J connectivity index is 1.32. The largest absolute Gasteiger partial charge is 0.499 e. The van der Waals surface area contributed by atoms with Gasteiger partial charge < -0.3 is 15.2 Å². The van der Waals surface area contributed by atoms with Crippen LogP contribution in [0, 0.1) is 0 Å². The van der Waals surface area contributed by atoms with Gasteiger partial charge >= 0.3 is 0 Å². The van der Waals surface area contributed by atoms with Crippen molar-refractivity contribution in [3.63, 3.8) is 0 Å². The molecule has 0 spiro atoms. The minimum Gasteiger partial charge on any atom is -0.499 e. The molecule has 0 amide bonds. The number of benzene rings is 2. The van der Waals surface area contributed by atoms with Crippen LogP contribution in [-0.4, -0.2) is 23.8 Å². The third-order valence-corrected chi connectivity index (χ3v) is 5.77. The van der Waals surface area contributed by atoms with Gasteiger partial charge in [0, 0.05) is 17.3 Å². The molecule has 3 aromatic rings. The molecule has 2 unspecified atom stereocenters. The van der Waals surface area contributed by atoms with Gasteiger partial charge in [-0.1, -0.05) is 35.6 Å². The Hall–Kier alpha value is -2.04. The maximum absolute atomic E-state index is 9.59. The Morgan fingerprint density at radius 2 is 2.04 bits per heavy atom. The fraction of sp³-hybridized carbons (Fsp3) is 0.333. The first-order valence-corrected chi connectivity index (χ1v) is 9.68. The monoisotopic (exact) mass is 353 g/mol. The summed E-state index contributed by atoms with van der Waals surface area (Å²) < 4.78 is 7.13. The molecular formula is C21H23NO2S. The van der Waals surface area contributed by atoms with Crippen molar-refractivity contribution in [3.8, 4) is 10.8 Å². The zero-order chi connectivity index (χ0) is 17.2. The Morgan fingerprint density at radius 1 is 1.20 bits per heavy atom. The van der Waals surface area contributed by atoms with Gasteiger partial charge in [0.1, 0.15) is 11.9 Å². The first kappa shape index (κ1) is 16.4. The maximum atomic E-state index is 9.59. The smallest absolute Gasteiger partial charge is 0.172 e. The molecule has 4 heteroatoms. The molecule has 2 aromatic carbocycles. The number of rotatable bonds is 5. The van der Waals surface area contributed by atoms with E-state index in [1.54, 1.807) is 6.07 Å². The average molecular weight is 353 g/mol. The summed E-state index contributed by atoms with van der Waals surface area (Å²) >= 11 is 1.39. The van der Waals surface area contributed by atoms with Gasteiger partial charge in [0.2, 0.25) is 0 Å². The second kappa shape index (κ2) is 7.06. The van der Waals surface area contributed by atoms with Crippen LogP contribution in [0.4, 0.5) is 0 Å². The van der Waals surface area contributed by atoms with Gasteiger partial charge in [-0.25, -0.2) is 0 Å². The van der Waals surface area contributed by atoms with Gasteiger partial charge in [0.05, 0.1) is 0 Å². The molecule has 3 nitrogen and oxygen atoms in total. The fourth-order valence-corrected chi connectivity index (χ4v) is 4.34. The number of hydrogen-bond acceptors (Lipinski definition) is 4. The van der Waals surface area contributed by atoms with Crippen molar-refractivity contribution in [2.45, 2.75) is 38.3 Å². The van der Waals surface area contributed by atoms with Crippen LogP contribution in [-0.2, 0) is 12.8 Å². The van der Waals surface area contributed by atoms with Crippen molar-refractivity contribution in [2.75, 3.05) is 6.54 Å². The fourth-order valence-electron chi connectivity index (χ4n) is 3.56. The lowest BCUT2D eigenvalue weighted by Crippen LogP contribution is -2.39. The summed E-state index contributed by atoms with van der Waals surface area (Å²) in [6.45, 7) is 2.93. The van der Waals surface area contributed by atoms with Crippen LogP contribution in [0.15, 0.2) is 48.5 Å². The highest BCUT2D eigenvalue weighted by atomic mass is 32.1. The topological polar surface area (TPSA) is 41.5 Å². The highest BCUT2D eigenvalue weighted by Gasteiger charge is 2.18. The molecule has 1 aliphatic rings. The van der Waals surface area contributed by atoms with E-state index in [4.69, 9.17) is 4.74 Å². The van der Waals surface area contributed by atoms with Crippen molar-refractivity contribution in [2.24, 2.45) is 0 Å². The zero-order valence-electron chi connectivity index (χ0n) is 14.4.